The molecule has 0 bridgehead atoms. The van der Waals surface area contributed by atoms with Gasteiger partial charge in [-0.2, -0.15) is 5.10 Å². The maximum atomic E-state index is 4.61. The Kier molecular flexibility index (Phi) is 4.88. The number of fused-ring (bicyclic) bond motifs is 2. The summed E-state index contributed by atoms with van der Waals surface area (Å²) >= 11 is 0. The van der Waals surface area contributed by atoms with E-state index in [0.717, 1.165) is 63.6 Å². The minimum absolute atomic E-state index is 0.762. The van der Waals surface area contributed by atoms with Gasteiger partial charge in [0.25, 0.3) is 0 Å². The van der Waals surface area contributed by atoms with E-state index in [4.69, 9.17) is 0 Å². The molecule has 1 saturated carbocycles. The first-order chi connectivity index (χ1) is 15.8. The first-order valence-electron chi connectivity index (χ1n) is 11.3. The second-order valence-electron chi connectivity index (χ2n) is 8.67. The molecule has 0 unspecified atom stereocenters. The lowest BCUT2D eigenvalue weighted by atomic mass is 10.1. The average molecular weight is 424 g/mol. The summed E-state index contributed by atoms with van der Waals surface area (Å²) in [6, 6.07) is 10.3. The molecule has 1 fully saturated rings. The van der Waals surface area contributed by atoms with Gasteiger partial charge in [0.05, 0.1) is 16.7 Å². The highest BCUT2D eigenvalue weighted by Crippen LogP contribution is 2.30. The van der Waals surface area contributed by atoms with Crippen molar-refractivity contribution in [1.29, 1.82) is 0 Å². The van der Waals surface area contributed by atoms with E-state index in [2.05, 4.69) is 47.6 Å². The number of rotatable bonds is 6. The Labute approximate surface area is 185 Å². The number of aromatic nitrogens is 6. The van der Waals surface area contributed by atoms with Gasteiger partial charge in [-0.1, -0.05) is 12.8 Å². The molecular formula is C25H25N7. The van der Waals surface area contributed by atoms with Crippen LogP contribution in [0.4, 0.5) is 0 Å². The van der Waals surface area contributed by atoms with Gasteiger partial charge in [-0.05, 0) is 61.2 Å². The molecule has 32 heavy (non-hydrogen) atoms. The van der Waals surface area contributed by atoms with Crippen molar-refractivity contribution in [3.05, 3.63) is 60.7 Å². The quantitative estimate of drug-likeness (QED) is 0.363. The smallest absolute Gasteiger partial charge is 0.155 e. The lowest BCUT2D eigenvalue weighted by Crippen LogP contribution is -2.20. The van der Waals surface area contributed by atoms with Crippen LogP contribution < -0.4 is 5.32 Å². The number of hydrogen-bond donors (Lipinski definition) is 3. The lowest BCUT2D eigenvalue weighted by molar-refractivity contribution is 0.489. The summed E-state index contributed by atoms with van der Waals surface area (Å²) in [4.78, 5) is 16.9. The second-order valence-corrected chi connectivity index (χ2v) is 8.67. The Morgan fingerprint density at radius 1 is 1.00 bits per heavy atom. The van der Waals surface area contributed by atoms with Crippen molar-refractivity contribution in [3.8, 4) is 22.5 Å². The van der Waals surface area contributed by atoms with Crippen LogP contribution in [0.2, 0.25) is 0 Å². The van der Waals surface area contributed by atoms with Gasteiger partial charge in [0.15, 0.2) is 5.65 Å². The molecule has 7 nitrogen and oxygen atoms in total. The highest BCUT2D eigenvalue weighted by molar-refractivity contribution is 5.95. The molecule has 0 radical (unpaired) electrons. The summed E-state index contributed by atoms with van der Waals surface area (Å²) in [5.74, 6) is 0.831. The van der Waals surface area contributed by atoms with Crippen LogP contribution in [0.1, 0.15) is 31.2 Å². The molecule has 6 rings (SSSR count). The molecule has 0 amide bonds. The van der Waals surface area contributed by atoms with Crippen LogP contribution in [0.3, 0.4) is 0 Å². The molecule has 1 aliphatic rings. The Morgan fingerprint density at radius 3 is 2.81 bits per heavy atom. The summed E-state index contributed by atoms with van der Waals surface area (Å²) in [5, 5.41) is 12.1. The Hall–Kier alpha value is -3.58. The van der Waals surface area contributed by atoms with Crippen molar-refractivity contribution in [3.63, 3.8) is 0 Å². The fourth-order valence-corrected chi connectivity index (χ4v) is 4.73. The van der Waals surface area contributed by atoms with Crippen LogP contribution in [-0.4, -0.2) is 36.7 Å². The number of nitrogens with zero attached hydrogens (tertiary/aromatic N) is 4. The topological polar surface area (TPSA) is 95.2 Å². The van der Waals surface area contributed by atoms with Crippen molar-refractivity contribution >= 4 is 22.1 Å². The molecule has 0 aromatic carbocycles. The molecule has 160 valence electrons. The SMILES string of the molecule is c1cnc2cc(-c3n[nH]c4ncc(-c5cncc(CNCC6CCCC6)c5)cc34)[nH]c2c1. The van der Waals surface area contributed by atoms with Gasteiger partial charge in [0, 0.05) is 47.8 Å². The van der Waals surface area contributed by atoms with Gasteiger partial charge < -0.3 is 10.3 Å². The van der Waals surface area contributed by atoms with Crippen molar-refractivity contribution < 1.29 is 0 Å². The van der Waals surface area contributed by atoms with E-state index >= 15 is 0 Å². The molecule has 5 aromatic heterocycles. The van der Waals surface area contributed by atoms with Crippen LogP contribution in [0, 0.1) is 5.92 Å². The highest BCUT2D eigenvalue weighted by Gasteiger charge is 2.15. The molecular weight excluding hydrogens is 398 g/mol. The van der Waals surface area contributed by atoms with Crippen LogP contribution >= 0.6 is 0 Å². The summed E-state index contributed by atoms with van der Waals surface area (Å²) in [6.07, 6.45) is 13.0. The maximum absolute atomic E-state index is 4.61. The van der Waals surface area contributed by atoms with Gasteiger partial charge in [0.2, 0.25) is 0 Å². The van der Waals surface area contributed by atoms with E-state index in [-0.39, 0.29) is 0 Å². The fraction of sp³-hybridized carbons (Fsp3) is 0.280. The van der Waals surface area contributed by atoms with Gasteiger partial charge in [-0.3, -0.25) is 15.1 Å². The summed E-state index contributed by atoms with van der Waals surface area (Å²) in [7, 11) is 0. The average Bonchev–Trinajstić information content (AvgIpc) is 3.58. The summed E-state index contributed by atoms with van der Waals surface area (Å²) < 4.78 is 0. The molecule has 3 N–H and O–H groups in total. The monoisotopic (exact) mass is 423 g/mol. The summed E-state index contributed by atoms with van der Waals surface area (Å²) in [6.45, 7) is 1.93. The lowest BCUT2D eigenvalue weighted by Gasteiger charge is -2.11. The van der Waals surface area contributed by atoms with Crippen LogP contribution in [0.5, 0.6) is 0 Å². The van der Waals surface area contributed by atoms with Crippen LogP contribution in [0.15, 0.2) is 55.1 Å². The second kappa shape index (κ2) is 8.16. The van der Waals surface area contributed by atoms with Crippen molar-refractivity contribution in [2.45, 2.75) is 32.2 Å². The first-order valence-corrected chi connectivity index (χ1v) is 11.3. The number of aromatic amines is 2. The molecule has 0 spiro atoms. The van der Waals surface area contributed by atoms with Crippen LogP contribution in [-0.2, 0) is 6.54 Å². The molecule has 7 heteroatoms. The molecule has 1 aliphatic carbocycles. The van der Waals surface area contributed by atoms with Gasteiger partial charge in [0.1, 0.15) is 5.69 Å². The number of nitrogens with one attached hydrogen (secondary N) is 3. The van der Waals surface area contributed by atoms with E-state index in [1.165, 1.54) is 31.2 Å². The number of H-pyrrole nitrogens is 2. The minimum Gasteiger partial charge on any atom is -0.352 e. The fourth-order valence-electron chi connectivity index (χ4n) is 4.73. The minimum atomic E-state index is 0.762. The van der Waals surface area contributed by atoms with E-state index in [9.17, 15) is 0 Å². The van der Waals surface area contributed by atoms with Crippen molar-refractivity contribution in [2.75, 3.05) is 6.54 Å². The number of pyridine rings is 3. The van der Waals surface area contributed by atoms with Gasteiger partial charge in [-0.25, -0.2) is 4.98 Å². The first kappa shape index (κ1) is 19.1. The zero-order valence-electron chi connectivity index (χ0n) is 17.8. The third-order valence-electron chi connectivity index (χ3n) is 6.43. The Bertz CT molecular complexity index is 1340. The number of hydrogen-bond acceptors (Lipinski definition) is 5. The predicted molar refractivity (Wildman–Crippen MR) is 126 cm³/mol. The highest BCUT2D eigenvalue weighted by atomic mass is 15.2. The van der Waals surface area contributed by atoms with Crippen molar-refractivity contribution in [2.24, 2.45) is 5.92 Å². The molecule has 0 aliphatic heterocycles. The third kappa shape index (κ3) is 3.65. The zero-order chi connectivity index (χ0) is 21.3. The predicted octanol–water partition coefficient (Wildman–Crippen LogP) is 4.84. The summed E-state index contributed by atoms with van der Waals surface area (Å²) in [5.41, 5.74) is 7.72. The van der Waals surface area contributed by atoms with E-state index in [0.29, 0.717) is 0 Å². The zero-order valence-corrected chi connectivity index (χ0v) is 17.8. The van der Waals surface area contributed by atoms with E-state index in [1.807, 2.05) is 36.8 Å². The van der Waals surface area contributed by atoms with Crippen molar-refractivity contribution in [1.82, 2.24) is 35.5 Å². The normalized spacial score (nSPS) is 14.6. The Balaban J connectivity index is 1.28. The maximum Gasteiger partial charge on any atom is 0.155 e. The molecule has 5 aromatic rings. The standard InChI is InChI=1S/C25H25N7/c1-2-5-16(4-1)11-26-12-17-8-18(14-27-13-17)19-9-20-24(31-32-25(20)29-15-19)23-10-22-21(30-23)6-3-7-28-22/h3,6-10,13-16,26,30H,1-2,4-5,11-12H2,(H,29,31,32). The molecule has 0 atom stereocenters. The van der Waals surface area contributed by atoms with Gasteiger partial charge in [-0.15, -0.1) is 0 Å². The van der Waals surface area contributed by atoms with E-state index < -0.39 is 0 Å². The van der Waals surface area contributed by atoms with Crippen LogP contribution in [0.25, 0.3) is 44.6 Å². The molecule has 5 heterocycles. The largest absolute Gasteiger partial charge is 0.352 e. The Morgan fingerprint density at radius 2 is 1.91 bits per heavy atom. The third-order valence-corrected chi connectivity index (χ3v) is 6.43. The van der Waals surface area contributed by atoms with E-state index in [1.54, 1.807) is 6.20 Å². The van der Waals surface area contributed by atoms with Gasteiger partial charge >= 0.3 is 0 Å². The molecule has 0 saturated heterocycles.